The van der Waals surface area contributed by atoms with Crippen LogP contribution in [0.4, 0.5) is 0 Å². The van der Waals surface area contributed by atoms with Crippen LogP contribution in [0.3, 0.4) is 0 Å². The van der Waals surface area contributed by atoms with Crippen molar-refractivity contribution in [2.24, 2.45) is 11.7 Å². The Hall–Kier alpha value is -0.470. The molecule has 118 valence electrons. The second-order valence-corrected chi connectivity index (χ2v) is 9.04. The Morgan fingerprint density at radius 1 is 1.19 bits per heavy atom. The van der Waals surface area contributed by atoms with Gasteiger partial charge in [-0.05, 0) is 35.3 Å². The van der Waals surface area contributed by atoms with Gasteiger partial charge in [-0.1, -0.05) is 64.8 Å². The SMILES string of the molecule is CC1CCCC(SCC(N)c2ccc(C(C)(C)C)cc2)C1. The Kier molecular flexibility index (Phi) is 5.79. The standard InChI is InChI=1S/C19H31NS/c1-14-6-5-7-17(12-14)21-13-18(20)15-8-10-16(11-9-15)19(2,3)4/h8-11,14,17-18H,5-7,12-13,20H2,1-4H3. The highest BCUT2D eigenvalue weighted by atomic mass is 32.2. The second kappa shape index (κ2) is 7.19. The number of thioether (sulfide) groups is 1. The minimum absolute atomic E-state index is 0.168. The highest BCUT2D eigenvalue weighted by Crippen LogP contribution is 2.33. The highest BCUT2D eigenvalue weighted by Gasteiger charge is 2.20. The van der Waals surface area contributed by atoms with E-state index in [1.165, 1.54) is 36.8 Å². The van der Waals surface area contributed by atoms with Gasteiger partial charge in [-0.15, -0.1) is 0 Å². The molecule has 2 rings (SSSR count). The summed E-state index contributed by atoms with van der Waals surface area (Å²) in [7, 11) is 0. The van der Waals surface area contributed by atoms with E-state index >= 15 is 0 Å². The molecule has 1 saturated carbocycles. The van der Waals surface area contributed by atoms with Gasteiger partial charge >= 0.3 is 0 Å². The van der Waals surface area contributed by atoms with Gasteiger partial charge in [-0.3, -0.25) is 0 Å². The largest absolute Gasteiger partial charge is 0.323 e. The Bertz CT molecular complexity index is 432. The molecule has 0 spiro atoms. The maximum atomic E-state index is 6.39. The predicted molar refractivity (Wildman–Crippen MR) is 95.9 cm³/mol. The highest BCUT2D eigenvalue weighted by molar-refractivity contribution is 7.99. The summed E-state index contributed by atoms with van der Waals surface area (Å²) in [6.45, 7) is 9.14. The normalized spacial score (nSPS) is 24.8. The van der Waals surface area contributed by atoms with Crippen LogP contribution >= 0.6 is 11.8 Å². The minimum atomic E-state index is 0.168. The van der Waals surface area contributed by atoms with Gasteiger partial charge in [0.25, 0.3) is 0 Å². The molecule has 0 bridgehead atoms. The first-order chi connectivity index (χ1) is 9.86. The lowest BCUT2D eigenvalue weighted by Crippen LogP contribution is -2.20. The van der Waals surface area contributed by atoms with Crippen molar-refractivity contribution >= 4 is 11.8 Å². The zero-order valence-electron chi connectivity index (χ0n) is 14.1. The molecule has 1 fully saturated rings. The molecule has 3 unspecified atom stereocenters. The van der Waals surface area contributed by atoms with Crippen LogP contribution in [0.5, 0.6) is 0 Å². The van der Waals surface area contributed by atoms with E-state index < -0.39 is 0 Å². The van der Waals surface area contributed by atoms with E-state index in [1.54, 1.807) is 0 Å². The zero-order valence-corrected chi connectivity index (χ0v) is 14.9. The maximum Gasteiger partial charge on any atom is 0.0386 e. The molecule has 1 aliphatic carbocycles. The minimum Gasteiger partial charge on any atom is -0.323 e. The van der Waals surface area contributed by atoms with E-state index in [4.69, 9.17) is 5.73 Å². The molecule has 2 heteroatoms. The Morgan fingerprint density at radius 3 is 2.43 bits per heavy atom. The molecular formula is C19H31NS. The molecule has 0 aromatic heterocycles. The first kappa shape index (κ1) is 16.9. The number of hydrogen-bond donors (Lipinski definition) is 1. The van der Waals surface area contributed by atoms with Gasteiger partial charge in [0.1, 0.15) is 0 Å². The zero-order chi connectivity index (χ0) is 15.5. The average molecular weight is 306 g/mol. The maximum absolute atomic E-state index is 6.39. The van der Waals surface area contributed by atoms with E-state index in [-0.39, 0.29) is 11.5 Å². The lowest BCUT2D eigenvalue weighted by Gasteiger charge is -2.27. The molecule has 1 nitrogen and oxygen atoms in total. The van der Waals surface area contributed by atoms with Crippen molar-refractivity contribution in [2.75, 3.05) is 5.75 Å². The number of benzene rings is 1. The van der Waals surface area contributed by atoms with Gasteiger partial charge in [0.15, 0.2) is 0 Å². The summed E-state index contributed by atoms with van der Waals surface area (Å²) in [5.41, 5.74) is 9.26. The van der Waals surface area contributed by atoms with E-state index in [0.29, 0.717) is 0 Å². The van der Waals surface area contributed by atoms with Crippen LogP contribution in [-0.4, -0.2) is 11.0 Å². The van der Waals surface area contributed by atoms with Crippen LogP contribution in [-0.2, 0) is 5.41 Å². The number of rotatable bonds is 4. The molecule has 21 heavy (non-hydrogen) atoms. The summed E-state index contributed by atoms with van der Waals surface area (Å²) in [6.07, 6.45) is 5.57. The molecule has 0 amide bonds. The molecule has 0 radical (unpaired) electrons. The third-order valence-corrected chi connectivity index (χ3v) is 6.06. The number of nitrogens with two attached hydrogens (primary N) is 1. The fourth-order valence-corrected chi connectivity index (χ4v) is 4.57. The lowest BCUT2D eigenvalue weighted by molar-refractivity contribution is 0.394. The molecule has 1 aromatic rings. The third-order valence-electron chi connectivity index (χ3n) is 4.60. The topological polar surface area (TPSA) is 26.0 Å². The van der Waals surface area contributed by atoms with E-state index in [1.807, 2.05) is 0 Å². The summed E-state index contributed by atoms with van der Waals surface area (Å²) in [4.78, 5) is 0. The smallest absolute Gasteiger partial charge is 0.0386 e. The van der Waals surface area contributed by atoms with Crippen LogP contribution < -0.4 is 5.73 Å². The summed E-state index contributed by atoms with van der Waals surface area (Å²) in [5.74, 6) is 1.95. The van der Waals surface area contributed by atoms with Crippen molar-refractivity contribution in [3.8, 4) is 0 Å². The third kappa shape index (κ3) is 5.03. The first-order valence-electron chi connectivity index (χ1n) is 8.34. The molecular weight excluding hydrogens is 274 g/mol. The first-order valence-corrected chi connectivity index (χ1v) is 9.39. The van der Waals surface area contributed by atoms with Crippen molar-refractivity contribution in [1.82, 2.24) is 0 Å². The van der Waals surface area contributed by atoms with Crippen LogP contribution in [0.25, 0.3) is 0 Å². The Morgan fingerprint density at radius 2 is 1.86 bits per heavy atom. The second-order valence-electron chi connectivity index (χ2n) is 7.71. The van der Waals surface area contributed by atoms with E-state index in [9.17, 15) is 0 Å². The van der Waals surface area contributed by atoms with Crippen molar-refractivity contribution in [2.45, 2.75) is 70.1 Å². The van der Waals surface area contributed by atoms with Gasteiger partial charge in [0.2, 0.25) is 0 Å². The molecule has 3 atom stereocenters. The predicted octanol–water partition coefficient (Wildman–Crippen LogP) is 5.30. The van der Waals surface area contributed by atoms with Crippen molar-refractivity contribution in [1.29, 1.82) is 0 Å². The number of hydrogen-bond acceptors (Lipinski definition) is 2. The molecule has 2 N–H and O–H groups in total. The molecule has 0 aliphatic heterocycles. The Labute approximate surface area is 135 Å². The fourth-order valence-electron chi connectivity index (χ4n) is 3.10. The molecule has 0 saturated heterocycles. The Balaban J connectivity index is 1.87. The van der Waals surface area contributed by atoms with Crippen LogP contribution in [0.1, 0.15) is 70.5 Å². The van der Waals surface area contributed by atoms with Crippen molar-refractivity contribution in [3.63, 3.8) is 0 Å². The molecule has 0 heterocycles. The molecule has 1 aromatic carbocycles. The monoisotopic (exact) mass is 305 g/mol. The van der Waals surface area contributed by atoms with Gasteiger partial charge in [-0.25, -0.2) is 0 Å². The van der Waals surface area contributed by atoms with Crippen LogP contribution in [0.2, 0.25) is 0 Å². The summed E-state index contributed by atoms with van der Waals surface area (Å²) in [5, 5.41) is 0.827. The van der Waals surface area contributed by atoms with E-state index in [0.717, 1.165) is 16.9 Å². The van der Waals surface area contributed by atoms with Crippen molar-refractivity contribution < 1.29 is 0 Å². The fraction of sp³-hybridized carbons (Fsp3) is 0.684. The van der Waals surface area contributed by atoms with Gasteiger partial charge < -0.3 is 5.73 Å². The summed E-state index contributed by atoms with van der Waals surface area (Å²) in [6, 6.07) is 9.08. The van der Waals surface area contributed by atoms with E-state index in [2.05, 4.69) is 63.7 Å². The van der Waals surface area contributed by atoms with Gasteiger partial charge in [-0.2, -0.15) is 11.8 Å². The van der Waals surface area contributed by atoms with Gasteiger partial charge in [0.05, 0.1) is 0 Å². The quantitative estimate of drug-likeness (QED) is 0.817. The lowest BCUT2D eigenvalue weighted by atomic mass is 9.86. The molecule has 1 aliphatic rings. The van der Waals surface area contributed by atoms with Crippen LogP contribution in [0, 0.1) is 5.92 Å². The average Bonchev–Trinajstić information content (AvgIpc) is 2.44. The van der Waals surface area contributed by atoms with Crippen molar-refractivity contribution in [3.05, 3.63) is 35.4 Å². The van der Waals surface area contributed by atoms with Gasteiger partial charge in [0, 0.05) is 17.0 Å². The summed E-state index contributed by atoms with van der Waals surface area (Å²) < 4.78 is 0. The summed E-state index contributed by atoms with van der Waals surface area (Å²) >= 11 is 2.09. The van der Waals surface area contributed by atoms with Crippen LogP contribution in [0.15, 0.2) is 24.3 Å².